The summed E-state index contributed by atoms with van der Waals surface area (Å²) in [5, 5.41) is 14.0. The molecule has 1 saturated heterocycles. The molecule has 0 aliphatic carbocycles. The Morgan fingerprint density at radius 1 is 1.33 bits per heavy atom. The van der Waals surface area contributed by atoms with E-state index in [-0.39, 0.29) is 24.0 Å². The number of aliphatic hydroxyl groups is 1. The zero-order valence-corrected chi connectivity index (χ0v) is 13.4. The van der Waals surface area contributed by atoms with Gasteiger partial charge >= 0.3 is 0 Å². The minimum atomic E-state index is -0.0963. The maximum atomic E-state index is 12.3. The van der Waals surface area contributed by atoms with Crippen molar-refractivity contribution < 1.29 is 5.11 Å². The van der Waals surface area contributed by atoms with Gasteiger partial charge in [0, 0.05) is 57.0 Å². The van der Waals surface area contributed by atoms with Crippen LogP contribution >= 0.6 is 0 Å². The van der Waals surface area contributed by atoms with Crippen molar-refractivity contribution in [3.05, 3.63) is 58.8 Å². The molecule has 0 saturated carbocycles. The van der Waals surface area contributed by atoms with E-state index in [9.17, 15) is 9.90 Å². The Kier molecular flexibility index (Phi) is 3.57. The van der Waals surface area contributed by atoms with E-state index in [1.807, 2.05) is 37.6 Å². The van der Waals surface area contributed by atoms with Crippen LogP contribution in [0.2, 0.25) is 0 Å². The van der Waals surface area contributed by atoms with Crippen LogP contribution in [0.5, 0.6) is 0 Å². The molecule has 1 N–H and O–H groups in total. The zero-order chi connectivity index (χ0) is 16.7. The van der Waals surface area contributed by atoms with E-state index in [0.29, 0.717) is 24.6 Å². The summed E-state index contributed by atoms with van der Waals surface area (Å²) in [5.41, 5.74) is 1.64. The molecule has 24 heavy (non-hydrogen) atoms. The van der Waals surface area contributed by atoms with Crippen molar-refractivity contribution in [3.8, 4) is 0 Å². The van der Waals surface area contributed by atoms with Gasteiger partial charge in [0.1, 0.15) is 11.5 Å². The largest absolute Gasteiger partial charge is 0.396 e. The molecule has 0 unspecified atom stereocenters. The van der Waals surface area contributed by atoms with Crippen molar-refractivity contribution in [2.45, 2.75) is 5.92 Å². The normalized spacial score (nSPS) is 20.8. The molecule has 1 aliphatic rings. The Bertz CT molecular complexity index is 932. The molecular weight excluding hydrogens is 306 g/mol. The number of hydrogen-bond acceptors (Lipinski definition) is 5. The number of hydrogen-bond donors (Lipinski definition) is 1. The minimum absolute atomic E-state index is 0.0963. The van der Waals surface area contributed by atoms with E-state index in [0.717, 1.165) is 5.56 Å². The van der Waals surface area contributed by atoms with Crippen LogP contribution in [0.4, 0.5) is 5.82 Å². The first kappa shape index (κ1) is 14.9. The van der Waals surface area contributed by atoms with Crippen LogP contribution in [0.3, 0.4) is 0 Å². The highest BCUT2D eigenvalue weighted by Gasteiger charge is 2.35. The fourth-order valence-electron chi connectivity index (χ4n) is 3.46. The van der Waals surface area contributed by atoms with Gasteiger partial charge in [0.2, 0.25) is 0 Å². The standard InChI is InChI=1S/C17H19N5O2/c1-20-8-12(7-18-20)14-10-21(9-13(14)11-23)16-6-17(24)22-5-3-2-4-15(22)19-16/h2-8,13-14,23H,9-11H2,1H3/t13-,14-/m0/s1. The number of aryl methyl sites for hydroxylation is 1. The van der Waals surface area contributed by atoms with Crippen LogP contribution in [0.15, 0.2) is 47.7 Å². The first-order valence-corrected chi connectivity index (χ1v) is 7.98. The summed E-state index contributed by atoms with van der Waals surface area (Å²) >= 11 is 0. The Hall–Kier alpha value is -2.67. The van der Waals surface area contributed by atoms with Gasteiger partial charge in [-0.15, -0.1) is 0 Å². The lowest BCUT2D eigenvalue weighted by atomic mass is 9.92. The molecule has 124 valence electrons. The third kappa shape index (κ3) is 2.46. The molecule has 1 aliphatic heterocycles. The lowest BCUT2D eigenvalue weighted by Gasteiger charge is -2.17. The molecule has 3 aromatic heterocycles. The van der Waals surface area contributed by atoms with Crippen LogP contribution in [-0.4, -0.2) is 44.0 Å². The Morgan fingerprint density at radius 3 is 2.96 bits per heavy atom. The lowest BCUT2D eigenvalue weighted by molar-refractivity contribution is 0.227. The molecule has 0 radical (unpaired) electrons. The predicted octanol–water partition coefficient (Wildman–Crippen LogP) is 0.640. The van der Waals surface area contributed by atoms with Crippen LogP contribution in [0, 0.1) is 5.92 Å². The molecule has 7 heteroatoms. The van der Waals surface area contributed by atoms with Crippen molar-refractivity contribution in [3.63, 3.8) is 0 Å². The fourth-order valence-corrected chi connectivity index (χ4v) is 3.46. The molecule has 3 aromatic rings. The van der Waals surface area contributed by atoms with Gasteiger partial charge in [0.15, 0.2) is 0 Å². The summed E-state index contributed by atoms with van der Waals surface area (Å²) in [6.07, 6.45) is 5.55. The molecule has 1 fully saturated rings. The number of nitrogens with zero attached hydrogens (tertiary/aromatic N) is 5. The SMILES string of the molecule is Cn1cc([C@@H]2CN(c3cc(=O)n4ccccc4n3)C[C@H]2CO)cn1. The summed E-state index contributed by atoms with van der Waals surface area (Å²) in [4.78, 5) is 19.0. The van der Waals surface area contributed by atoms with Gasteiger partial charge in [-0.05, 0) is 17.7 Å². The number of rotatable bonds is 3. The average molecular weight is 325 g/mol. The van der Waals surface area contributed by atoms with Gasteiger partial charge in [-0.2, -0.15) is 5.10 Å². The molecule has 0 spiro atoms. The minimum Gasteiger partial charge on any atom is -0.396 e. The number of fused-ring (bicyclic) bond motifs is 1. The van der Waals surface area contributed by atoms with Gasteiger partial charge in [-0.25, -0.2) is 4.98 Å². The quantitative estimate of drug-likeness (QED) is 0.765. The van der Waals surface area contributed by atoms with Gasteiger partial charge in [-0.3, -0.25) is 13.9 Å². The zero-order valence-electron chi connectivity index (χ0n) is 13.4. The number of aromatic nitrogens is 4. The first-order chi connectivity index (χ1) is 11.7. The monoisotopic (exact) mass is 325 g/mol. The molecule has 0 bridgehead atoms. The van der Waals surface area contributed by atoms with E-state index in [1.54, 1.807) is 16.9 Å². The third-order valence-electron chi connectivity index (χ3n) is 4.71. The number of aliphatic hydroxyl groups excluding tert-OH is 1. The fraction of sp³-hybridized carbons (Fsp3) is 0.353. The van der Waals surface area contributed by atoms with Gasteiger partial charge in [0.05, 0.1) is 6.20 Å². The van der Waals surface area contributed by atoms with E-state index in [4.69, 9.17) is 0 Å². The van der Waals surface area contributed by atoms with Gasteiger partial charge in [0.25, 0.3) is 5.56 Å². The lowest BCUT2D eigenvalue weighted by Crippen LogP contribution is -2.25. The van der Waals surface area contributed by atoms with E-state index in [2.05, 4.69) is 15.0 Å². The number of pyridine rings is 1. The summed E-state index contributed by atoms with van der Waals surface area (Å²) < 4.78 is 3.30. The van der Waals surface area contributed by atoms with Gasteiger partial charge < -0.3 is 10.0 Å². The highest BCUT2D eigenvalue weighted by molar-refractivity contribution is 5.49. The van der Waals surface area contributed by atoms with Crippen molar-refractivity contribution in [1.29, 1.82) is 0 Å². The Balaban J connectivity index is 1.69. The molecule has 7 nitrogen and oxygen atoms in total. The topological polar surface area (TPSA) is 75.7 Å². The van der Waals surface area contributed by atoms with E-state index < -0.39 is 0 Å². The van der Waals surface area contributed by atoms with Crippen LogP contribution in [0.1, 0.15) is 11.5 Å². The van der Waals surface area contributed by atoms with Crippen molar-refractivity contribution in [2.75, 3.05) is 24.6 Å². The highest BCUT2D eigenvalue weighted by atomic mass is 16.3. The smallest absolute Gasteiger partial charge is 0.259 e. The summed E-state index contributed by atoms with van der Waals surface area (Å²) in [6, 6.07) is 7.06. The molecule has 2 atom stereocenters. The first-order valence-electron chi connectivity index (χ1n) is 7.98. The maximum absolute atomic E-state index is 12.3. The van der Waals surface area contributed by atoms with Crippen LogP contribution in [-0.2, 0) is 7.05 Å². The third-order valence-corrected chi connectivity index (χ3v) is 4.71. The summed E-state index contributed by atoms with van der Waals surface area (Å²) in [6.45, 7) is 1.49. The average Bonchev–Trinajstić information content (AvgIpc) is 3.20. The highest BCUT2D eigenvalue weighted by Crippen LogP contribution is 2.34. The van der Waals surface area contributed by atoms with E-state index >= 15 is 0 Å². The van der Waals surface area contributed by atoms with Crippen LogP contribution in [0.25, 0.3) is 5.65 Å². The molecule has 4 rings (SSSR count). The molecule has 0 aromatic carbocycles. The van der Waals surface area contributed by atoms with Crippen LogP contribution < -0.4 is 10.5 Å². The second-order valence-corrected chi connectivity index (χ2v) is 6.28. The molecule has 0 amide bonds. The van der Waals surface area contributed by atoms with Crippen molar-refractivity contribution >= 4 is 11.5 Å². The maximum Gasteiger partial charge on any atom is 0.259 e. The second-order valence-electron chi connectivity index (χ2n) is 6.28. The predicted molar refractivity (Wildman–Crippen MR) is 90.2 cm³/mol. The van der Waals surface area contributed by atoms with Gasteiger partial charge in [-0.1, -0.05) is 6.07 Å². The van der Waals surface area contributed by atoms with Crippen molar-refractivity contribution in [2.24, 2.45) is 13.0 Å². The molecule has 4 heterocycles. The van der Waals surface area contributed by atoms with Crippen molar-refractivity contribution in [1.82, 2.24) is 19.2 Å². The summed E-state index contributed by atoms with van der Waals surface area (Å²) in [5.74, 6) is 0.945. The Labute approximate surface area is 138 Å². The molecular formula is C17H19N5O2. The van der Waals surface area contributed by atoms with E-state index in [1.165, 1.54) is 4.40 Å². The second kappa shape index (κ2) is 5.76. The Morgan fingerprint density at radius 2 is 2.21 bits per heavy atom. The summed E-state index contributed by atoms with van der Waals surface area (Å²) in [7, 11) is 1.88. The number of anilines is 1.